The zero-order chi connectivity index (χ0) is 29.8. The molecule has 4 N–H and O–H groups in total. The highest BCUT2D eigenvalue weighted by molar-refractivity contribution is 6.00. The predicted octanol–water partition coefficient (Wildman–Crippen LogP) is 1.89. The van der Waals surface area contributed by atoms with Gasteiger partial charge in [0.1, 0.15) is 11.2 Å². The number of carbonyl (C=O) groups excluding carboxylic acids is 4. The van der Waals surface area contributed by atoms with Crippen LogP contribution < -0.4 is 10.6 Å². The second-order valence-electron chi connectivity index (χ2n) is 12.3. The van der Waals surface area contributed by atoms with Crippen molar-refractivity contribution >= 4 is 24.0 Å². The van der Waals surface area contributed by atoms with Crippen molar-refractivity contribution in [1.82, 2.24) is 20.4 Å². The summed E-state index contributed by atoms with van der Waals surface area (Å²) in [4.78, 5) is 53.9. The van der Waals surface area contributed by atoms with E-state index in [1.165, 1.54) is 15.9 Å². The molecule has 0 spiro atoms. The number of likely N-dealkylation sites (tertiary alicyclic amines) is 2. The van der Waals surface area contributed by atoms with Crippen molar-refractivity contribution in [2.45, 2.75) is 89.8 Å². The van der Waals surface area contributed by atoms with Crippen LogP contribution in [0.4, 0.5) is 9.59 Å². The first kappa shape index (κ1) is 31.2. The Morgan fingerprint density at radius 3 is 1.48 bits per heavy atom. The van der Waals surface area contributed by atoms with Gasteiger partial charge in [-0.3, -0.25) is 9.59 Å². The van der Waals surface area contributed by atoms with Crippen LogP contribution in [0.15, 0.2) is 24.3 Å². The molecule has 0 saturated carbocycles. The number of nitrogens with one attached hydrogen (secondary N) is 2. The first-order valence-corrected chi connectivity index (χ1v) is 13.5. The van der Waals surface area contributed by atoms with Crippen LogP contribution in [-0.4, -0.2) is 106 Å². The zero-order valence-corrected chi connectivity index (χ0v) is 24.1. The average Bonchev–Trinajstić information content (AvgIpc) is 3.45. The number of rotatable bonds is 6. The molecule has 4 amide bonds. The SMILES string of the molecule is CC(C)(C)OC(=O)N1C[C@@H](NC(=O)c2cccc(C(=O)N[C@H]3C[C@@H](CO)N(C(=O)OC(C)(C)C)C3)c2)C[C@H]1CO. The minimum atomic E-state index is -0.690. The van der Waals surface area contributed by atoms with Gasteiger partial charge in [-0.05, 0) is 72.6 Å². The molecule has 0 unspecified atom stereocenters. The molecular weight excluding hydrogens is 520 g/mol. The molecule has 4 atom stereocenters. The number of ether oxygens (including phenoxy) is 2. The van der Waals surface area contributed by atoms with Gasteiger partial charge in [0.2, 0.25) is 0 Å². The molecule has 12 heteroatoms. The molecule has 2 saturated heterocycles. The van der Waals surface area contributed by atoms with Gasteiger partial charge in [0.15, 0.2) is 0 Å². The number of hydrogen-bond acceptors (Lipinski definition) is 8. The standard InChI is InChI=1S/C28H42N4O8/c1-27(2,3)39-25(37)31-13-19(11-21(31)15-33)29-23(35)17-8-7-9-18(10-17)24(36)30-20-12-22(16-34)32(14-20)26(38)40-28(4,5)6/h7-10,19-22,33-34H,11-16H2,1-6H3,(H,29,35)(H,30,36)/t19-,20-,21-,22-/m0/s1. The fourth-order valence-electron chi connectivity index (χ4n) is 4.82. The summed E-state index contributed by atoms with van der Waals surface area (Å²) >= 11 is 0. The Morgan fingerprint density at radius 1 is 0.775 bits per heavy atom. The molecule has 2 fully saturated rings. The van der Waals surface area contributed by atoms with Crippen LogP contribution in [0, 0.1) is 0 Å². The van der Waals surface area contributed by atoms with Gasteiger partial charge in [0.05, 0.1) is 25.3 Å². The third kappa shape index (κ3) is 8.31. The molecule has 1 aromatic rings. The van der Waals surface area contributed by atoms with Crippen molar-refractivity contribution in [1.29, 1.82) is 0 Å². The molecule has 1 aromatic carbocycles. The monoisotopic (exact) mass is 562 g/mol. The summed E-state index contributed by atoms with van der Waals surface area (Å²) in [5.41, 5.74) is -0.853. The van der Waals surface area contributed by atoms with Crippen molar-refractivity contribution in [3.05, 3.63) is 35.4 Å². The van der Waals surface area contributed by atoms with E-state index >= 15 is 0 Å². The van der Waals surface area contributed by atoms with Gasteiger partial charge in [-0.1, -0.05) is 6.07 Å². The van der Waals surface area contributed by atoms with Crippen molar-refractivity contribution in [2.75, 3.05) is 26.3 Å². The van der Waals surface area contributed by atoms with Crippen LogP contribution in [0.2, 0.25) is 0 Å². The van der Waals surface area contributed by atoms with E-state index in [1.807, 2.05) is 0 Å². The van der Waals surface area contributed by atoms with Crippen LogP contribution in [0.3, 0.4) is 0 Å². The first-order chi connectivity index (χ1) is 18.6. The Hall–Kier alpha value is -3.38. The summed E-state index contributed by atoms with van der Waals surface area (Å²) in [5, 5.41) is 25.3. The smallest absolute Gasteiger partial charge is 0.410 e. The van der Waals surface area contributed by atoms with E-state index in [4.69, 9.17) is 9.47 Å². The minimum absolute atomic E-state index is 0.188. The number of aliphatic hydroxyl groups excluding tert-OH is 2. The number of benzene rings is 1. The average molecular weight is 563 g/mol. The summed E-state index contributed by atoms with van der Waals surface area (Å²) in [6, 6.07) is 4.47. The van der Waals surface area contributed by atoms with Gasteiger partial charge in [0, 0.05) is 36.3 Å². The lowest BCUT2D eigenvalue weighted by molar-refractivity contribution is 0.0165. The topological polar surface area (TPSA) is 158 Å². The van der Waals surface area contributed by atoms with Crippen molar-refractivity contribution in [3.8, 4) is 0 Å². The van der Waals surface area contributed by atoms with E-state index in [1.54, 1.807) is 59.7 Å². The third-order valence-electron chi connectivity index (χ3n) is 6.56. The van der Waals surface area contributed by atoms with Crippen LogP contribution in [-0.2, 0) is 9.47 Å². The van der Waals surface area contributed by atoms with Crippen LogP contribution >= 0.6 is 0 Å². The Labute approximate surface area is 235 Å². The molecule has 0 bridgehead atoms. The van der Waals surface area contributed by atoms with E-state index < -0.39 is 59.4 Å². The molecular formula is C28H42N4O8. The second kappa shape index (κ2) is 12.4. The lowest BCUT2D eigenvalue weighted by Gasteiger charge is -2.27. The number of hydrogen-bond donors (Lipinski definition) is 4. The molecule has 0 radical (unpaired) electrons. The Bertz CT molecular complexity index is 1020. The summed E-state index contributed by atoms with van der Waals surface area (Å²) in [6.45, 7) is 10.4. The molecule has 2 aliphatic rings. The van der Waals surface area contributed by atoms with E-state index in [0.717, 1.165) is 0 Å². The normalized spacial score (nSPS) is 23.1. The van der Waals surface area contributed by atoms with Crippen molar-refractivity contribution in [3.63, 3.8) is 0 Å². The number of nitrogens with zero attached hydrogens (tertiary/aromatic N) is 2. The summed E-state index contributed by atoms with van der Waals surface area (Å²) in [6.07, 6.45) is -0.377. The van der Waals surface area contributed by atoms with Crippen molar-refractivity contribution in [2.24, 2.45) is 0 Å². The van der Waals surface area contributed by atoms with E-state index in [0.29, 0.717) is 12.8 Å². The maximum absolute atomic E-state index is 13.0. The first-order valence-electron chi connectivity index (χ1n) is 13.5. The van der Waals surface area contributed by atoms with Gasteiger partial charge >= 0.3 is 12.2 Å². The predicted molar refractivity (Wildman–Crippen MR) is 146 cm³/mol. The number of aliphatic hydroxyl groups is 2. The Morgan fingerprint density at radius 2 is 1.15 bits per heavy atom. The van der Waals surface area contributed by atoms with E-state index in [-0.39, 0.29) is 37.4 Å². The Balaban J connectivity index is 1.60. The molecule has 12 nitrogen and oxygen atoms in total. The van der Waals surface area contributed by atoms with Gasteiger partial charge in [-0.25, -0.2) is 9.59 Å². The fraction of sp³-hybridized carbons (Fsp3) is 0.643. The van der Waals surface area contributed by atoms with Crippen LogP contribution in [0.5, 0.6) is 0 Å². The van der Waals surface area contributed by atoms with Crippen LogP contribution in [0.25, 0.3) is 0 Å². The molecule has 3 rings (SSSR count). The Kier molecular flexibility index (Phi) is 9.68. The molecule has 2 heterocycles. The highest BCUT2D eigenvalue weighted by Crippen LogP contribution is 2.23. The zero-order valence-electron chi connectivity index (χ0n) is 24.1. The molecule has 0 aromatic heterocycles. The fourth-order valence-corrected chi connectivity index (χ4v) is 4.82. The maximum atomic E-state index is 13.0. The maximum Gasteiger partial charge on any atom is 0.410 e. The van der Waals surface area contributed by atoms with E-state index in [2.05, 4.69) is 10.6 Å². The highest BCUT2D eigenvalue weighted by Gasteiger charge is 2.39. The van der Waals surface area contributed by atoms with Crippen molar-refractivity contribution < 1.29 is 38.9 Å². The van der Waals surface area contributed by atoms with Gasteiger partial charge in [-0.15, -0.1) is 0 Å². The van der Waals surface area contributed by atoms with E-state index in [9.17, 15) is 29.4 Å². The van der Waals surface area contributed by atoms with Gasteiger partial charge in [0.25, 0.3) is 11.8 Å². The third-order valence-corrected chi connectivity index (χ3v) is 6.56. The lowest BCUT2D eigenvalue weighted by atomic mass is 10.1. The largest absolute Gasteiger partial charge is 0.444 e. The van der Waals surface area contributed by atoms with Gasteiger partial charge in [-0.2, -0.15) is 0 Å². The lowest BCUT2D eigenvalue weighted by Crippen LogP contribution is -2.43. The molecule has 222 valence electrons. The second-order valence-corrected chi connectivity index (χ2v) is 12.3. The highest BCUT2D eigenvalue weighted by atomic mass is 16.6. The molecule has 40 heavy (non-hydrogen) atoms. The minimum Gasteiger partial charge on any atom is -0.444 e. The molecule has 2 aliphatic heterocycles. The summed E-state index contributed by atoms with van der Waals surface area (Å²) in [5.74, 6) is -0.834. The summed E-state index contributed by atoms with van der Waals surface area (Å²) in [7, 11) is 0. The number of amides is 4. The van der Waals surface area contributed by atoms with Gasteiger partial charge < -0.3 is 40.1 Å². The summed E-state index contributed by atoms with van der Waals surface area (Å²) < 4.78 is 10.8. The quantitative estimate of drug-likeness (QED) is 0.409. The van der Waals surface area contributed by atoms with Crippen LogP contribution in [0.1, 0.15) is 75.1 Å². The molecule has 0 aliphatic carbocycles. The number of carbonyl (C=O) groups is 4.